The smallest absolute Gasteiger partial charge is 0.0203 e. The van der Waals surface area contributed by atoms with Crippen LogP contribution in [0.2, 0.25) is 0 Å². The van der Waals surface area contributed by atoms with Crippen molar-refractivity contribution in [3.8, 4) is 0 Å². The predicted octanol–water partition coefficient (Wildman–Crippen LogP) is 6.90. The SMILES string of the molecule is CCCCC[C@H]1CC[C@H](C2=CCC(CCC)CC2)CC1. The molecule has 1 unspecified atom stereocenters. The third kappa shape index (κ3) is 4.93. The van der Waals surface area contributed by atoms with Crippen molar-refractivity contribution >= 4 is 0 Å². The molecule has 0 nitrogen and oxygen atoms in total. The Morgan fingerprint density at radius 3 is 2.25 bits per heavy atom. The van der Waals surface area contributed by atoms with Crippen LogP contribution in [-0.2, 0) is 0 Å². The van der Waals surface area contributed by atoms with Gasteiger partial charge in [-0.1, -0.05) is 64.0 Å². The molecule has 0 aromatic rings. The highest BCUT2D eigenvalue weighted by molar-refractivity contribution is 5.11. The summed E-state index contributed by atoms with van der Waals surface area (Å²) in [4.78, 5) is 0. The van der Waals surface area contributed by atoms with Crippen molar-refractivity contribution in [2.75, 3.05) is 0 Å². The third-order valence-electron chi connectivity index (χ3n) is 5.84. The summed E-state index contributed by atoms with van der Waals surface area (Å²) in [5.74, 6) is 3.05. The Bertz CT molecular complexity index is 280. The molecule has 2 aliphatic rings. The quantitative estimate of drug-likeness (QED) is 0.350. The number of hydrogen-bond acceptors (Lipinski definition) is 0. The molecule has 1 atom stereocenters. The van der Waals surface area contributed by atoms with E-state index in [1.807, 2.05) is 5.57 Å². The fourth-order valence-electron chi connectivity index (χ4n) is 4.45. The lowest BCUT2D eigenvalue weighted by molar-refractivity contribution is 0.272. The number of allylic oxidation sites excluding steroid dienone is 2. The predicted molar refractivity (Wildman–Crippen MR) is 89.9 cm³/mol. The van der Waals surface area contributed by atoms with Crippen LogP contribution < -0.4 is 0 Å². The summed E-state index contributed by atoms with van der Waals surface area (Å²) in [7, 11) is 0. The summed E-state index contributed by atoms with van der Waals surface area (Å²) >= 11 is 0. The Morgan fingerprint density at radius 1 is 0.850 bits per heavy atom. The molecule has 0 amide bonds. The molecule has 0 N–H and O–H groups in total. The van der Waals surface area contributed by atoms with Gasteiger partial charge in [-0.3, -0.25) is 0 Å². The summed E-state index contributed by atoms with van der Waals surface area (Å²) < 4.78 is 0. The van der Waals surface area contributed by atoms with Gasteiger partial charge in [-0.2, -0.15) is 0 Å². The Labute approximate surface area is 127 Å². The number of hydrogen-bond donors (Lipinski definition) is 0. The lowest BCUT2D eigenvalue weighted by Crippen LogP contribution is -2.18. The maximum absolute atomic E-state index is 2.64. The highest BCUT2D eigenvalue weighted by Gasteiger charge is 2.25. The molecule has 20 heavy (non-hydrogen) atoms. The minimum absolute atomic E-state index is 0.972. The van der Waals surface area contributed by atoms with Gasteiger partial charge in [0.1, 0.15) is 0 Å². The summed E-state index contributed by atoms with van der Waals surface area (Å²) in [6.45, 7) is 4.65. The van der Waals surface area contributed by atoms with Crippen LogP contribution in [-0.4, -0.2) is 0 Å². The van der Waals surface area contributed by atoms with Gasteiger partial charge in [-0.25, -0.2) is 0 Å². The minimum atomic E-state index is 0.972. The van der Waals surface area contributed by atoms with Gasteiger partial charge in [-0.05, 0) is 62.7 Å². The Balaban J connectivity index is 1.69. The summed E-state index contributed by atoms with van der Waals surface area (Å²) in [6.07, 6.45) is 21.6. The lowest BCUT2D eigenvalue weighted by atomic mass is 9.73. The molecule has 0 bridgehead atoms. The van der Waals surface area contributed by atoms with E-state index < -0.39 is 0 Å². The minimum Gasteiger partial charge on any atom is -0.0848 e. The van der Waals surface area contributed by atoms with Gasteiger partial charge in [0.25, 0.3) is 0 Å². The van der Waals surface area contributed by atoms with E-state index in [1.165, 1.54) is 83.5 Å². The van der Waals surface area contributed by atoms with E-state index in [1.54, 1.807) is 0 Å². The number of rotatable bonds is 7. The van der Waals surface area contributed by atoms with E-state index in [9.17, 15) is 0 Å². The van der Waals surface area contributed by atoms with Crippen LogP contribution in [0, 0.1) is 17.8 Å². The summed E-state index contributed by atoms with van der Waals surface area (Å²) in [5.41, 5.74) is 1.85. The molecular weight excluding hydrogens is 240 g/mol. The molecule has 0 radical (unpaired) electrons. The van der Waals surface area contributed by atoms with Gasteiger partial charge in [0.15, 0.2) is 0 Å². The Kier molecular flexibility index (Phi) is 7.17. The molecule has 0 heterocycles. The standard InChI is InChI=1S/C20H36/c1-3-5-6-8-18-11-15-20(16-12-18)19-13-9-17(7-4-2)10-14-19/h13,17-18,20H,3-12,14-16H2,1-2H3/t17?,18-,20-. The van der Waals surface area contributed by atoms with E-state index in [4.69, 9.17) is 0 Å². The van der Waals surface area contributed by atoms with Crippen LogP contribution in [0.25, 0.3) is 0 Å². The van der Waals surface area contributed by atoms with E-state index in [0.717, 1.165) is 17.8 Å². The van der Waals surface area contributed by atoms with Crippen molar-refractivity contribution in [1.29, 1.82) is 0 Å². The molecule has 1 fully saturated rings. The second-order valence-electron chi connectivity index (χ2n) is 7.42. The average molecular weight is 277 g/mol. The number of unbranched alkanes of at least 4 members (excludes halogenated alkanes) is 2. The van der Waals surface area contributed by atoms with Crippen molar-refractivity contribution in [2.45, 2.75) is 97.3 Å². The first-order chi connectivity index (χ1) is 9.83. The third-order valence-corrected chi connectivity index (χ3v) is 5.84. The van der Waals surface area contributed by atoms with E-state index in [0.29, 0.717) is 0 Å². The maximum atomic E-state index is 2.64. The second-order valence-corrected chi connectivity index (χ2v) is 7.42. The van der Waals surface area contributed by atoms with Gasteiger partial charge < -0.3 is 0 Å². The lowest BCUT2D eigenvalue weighted by Gasteiger charge is -2.33. The molecular formula is C20H36. The van der Waals surface area contributed by atoms with Crippen LogP contribution in [0.5, 0.6) is 0 Å². The zero-order chi connectivity index (χ0) is 14.2. The Morgan fingerprint density at radius 2 is 1.65 bits per heavy atom. The normalized spacial score (nSPS) is 31.1. The summed E-state index contributed by atoms with van der Waals surface area (Å²) in [5, 5.41) is 0. The van der Waals surface area contributed by atoms with Crippen LogP contribution in [0.3, 0.4) is 0 Å². The van der Waals surface area contributed by atoms with Crippen LogP contribution in [0.4, 0.5) is 0 Å². The molecule has 116 valence electrons. The zero-order valence-corrected chi connectivity index (χ0v) is 14.0. The van der Waals surface area contributed by atoms with Crippen LogP contribution in [0.1, 0.15) is 97.3 Å². The van der Waals surface area contributed by atoms with Crippen molar-refractivity contribution in [1.82, 2.24) is 0 Å². The first-order valence-corrected chi connectivity index (χ1v) is 9.52. The fraction of sp³-hybridized carbons (Fsp3) is 0.900. The monoisotopic (exact) mass is 276 g/mol. The molecule has 0 aromatic heterocycles. The molecule has 0 aliphatic heterocycles. The highest BCUT2D eigenvalue weighted by Crippen LogP contribution is 2.40. The Hall–Kier alpha value is -0.260. The van der Waals surface area contributed by atoms with Crippen molar-refractivity contribution < 1.29 is 0 Å². The van der Waals surface area contributed by atoms with E-state index in [2.05, 4.69) is 19.9 Å². The topological polar surface area (TPSA) is 0 Å². The molecule has 0 heteroatoms. The molecule has 2 aliphatic carbocycles. The average Bonchev–Trinajstić information content (AvgIpc) is 2.49. The van der Waals surface area contributed by atoms with E-state index in [-0.39, 0.29) is 0 Å². The van der Waals surface area contributed by atoms with Crippen LogP contribution >= 0.6 is 0 Å². The zero-order valence-electron chi connectivity index (χ0n) is 14.0. The second kappa shape index (κ2) is 8.90. The summed E-state index contributed by atoms with van der Waals surface area (Å²) in [6, 6.07) is 0. The van der Waals surface area contributed by atoms with Crippen LogP contribution in [0.15, 0.2) is 11.6 Å². The maximum Gasteiger partial charge on any atom is -0.0203 e. The molecule has 2 rings (SSSR count). The largest absolute Gasteiger partial charge is 0.0848 e. The van der Waals surface area contributed by atoms with Gasteiger partial charge in [0.05, 0.1) is 0 Å². The van der Waals surface area contributed by atoms with Crippen molar-refractivity contribution in [3.63, 3.8) is 0 Å². The molecule has 0 aromatic carbocycles. The first kappa shape index (κ1) is 16.1. The van der Waals surface area contributed by atoms with Crippen molar-refractivity contribution in [2.24, 2.45) is 17.8 Å². The van der Waals surface area contributed by atoms with Gasteiger partial charge in [0.2, 0.25) is 0 Å². The fourth-order valence-corrected chi connectivity index (χ4v) is 4.45. The molecule has 0 saturated heterocycles. The van der Waals surface area contributed by atoms with E-state index >= 15 is 0 Å². The first-order valence-electron chi connectivity index (χ1n) is 9.52. The van der Waals surface area contributed by atoms with Gasteiger partial charge >= 0.3 is 0 Å². The molecule has 1 saturated carbocycles. The van der Waals surface area contributed by atoms with Crippen molar-refractivity contribution in [3.05, 3.63) is 11.6 Å². The highest BCUT2D eigenvalue weighted by atomic mass is 14.3. The van der Waals surface area contributed by atoms with Gasteiger partial charge in [0, 0.05) is 0 Å². The van der Waals surface area contributed by atoms with Gasteiger partial charge in [-0.15, -0.1) is 0 Å². The molecule has 0 spiro atoms.